The van der Waals surface area contributed by atoms with Crippen molar-refractivity contribution < 1.29 is 18.8 Å². The lowest BCUT2D eigenvalue weighted by atomic mass is 10.1. The number of nitrogens with two attached hydrogens (primary N) is 1. The molecule has 0 unspecified atom stereocenters. The predicted octanol–water partition coefficient (Wildman–Crippen LogP) is 4.06. The maximum absolute atomic E-state index is 13.7. The van der Waals surface area contributed by atoms with E-state index >= 15 is 0 Å². The normalized spacial score (nSPS) is 11.4. The highest BCUT2D eigenvalue weighted by atomic mass is 28.3. The van der Waals surface area contributed by atoms with Gasteiger partial charge in [0, 0.05) is 25.3 Å². The van der Waals surface area contributed by atoms with Crippen molar-refractivity contribution in [1.29, 1.82) is 0 Å². The standard InChI is InChI=1S/C19H25FN4O4Si/c1-4-5-6-18-22-16(15-11-14(20)7-8-17(15)24(26)27)12-23(18)13-28-9-10-29(2,3)19(21)25/h4,7-8,11-12H,1,5-6,9-10,13H2,2-3H3,(H2,21,25). The fourth-order valence-corrected chi connectivity index (χ4v) is 3.51. The number of rotatable bonds is 11. The first kappa shape index (κ1) is 22.4. The minimum Gasteiger partial charge on any atom is -0.374 e. The fourth-order valence-electron chi connectivity index (χ4n) is 2.61. The van der Waals surface area contributed by atoms with Gasteiger partial charge in [0.25, 0.3) is 5.69 Å². The maximum Gasteiger partial charge on any atom is 0.279 e. The molecular weight excluding hydrogens is 395 g/mol. The number of allylic oxidation sites excluding steroid dienone is 1. The van der Waals surface area contributed by atoms with Crippen LogP contribution in [-0.2, 0) is 17.9 Å². The lowest BCUT2D eigenvalue weighted by molar-refractivity contribution is -0.384. The Labute approximate surface area is 169 Å². The van der Waals surface area contributed by atoms with Gasteiger partial charge in [-0.15, -0.1) is 6.58 Å². The SMILES string of the molecule is C=CCCc1nc(-c2cc(F)ccc2[N+](=O)[O-])cn1COCC[Si](C)(C)C(N)=O. The number of halogens is 1. The van der Waals surface area contributed by atoms with Gasteiger partial charge in [0.15, 0.2) is 13.6 Å². The number of carbonyl (C=O) groups excluding carboxylic acids is 1. The van der Waals surface area contributed by atoms with Gasteiger partial charge in [0.1, 0.15) is 18.4 Å². The number of nitro groups is 1. The summed E-state index contributed by atoms with van der Waals surface area (Å²) < 4.78 is 21.1. The number of ether oxygens (including phenoxy) is 1. The third-order valence-corrected chi connectivity index (χ3v) is 7.42. The molecule has 0 aliphatic carbocycles. The third-order valence-electron chi connectivity index (χ3n) is 4.63. The molecule has 0 saturated carbocycles. The minimum atomic E-state index is -2.17. The van der Waals surface area contributed by atoms with E-state index in [9.17, 15) is 19.3 Å². The molecule has 2 aromatic rings. The number of aromatic nitrogens is 2. The summed E-state index contributed by atoms with van der Waals surface area (Å²) in [5, 5.41) is 11.3. The van der Waals surface area contributed by atoms with Crippen LogP contribution in [-0.4, -0.2) is 34.7 Å². The summed E-state index contributed by atoms with van der Waals surface area (Å²) in [6.07, 6.45) is 4.56. The molecule has 156 valence electrons. The Balaban J connectivity index is 2.24. The van der Waals surface area contributed by atoms with Crippen LogP contribution in [0.2, 0.25) is 19.1 Å². The molecule has 0 spiro atoms. The van der Waals surface area contributed by atoms with Gasteiger partial charge in [-0.3, -0.25) is 14.9 Å². The molecule has 8 nitrogen and oxygen atoms in total. The lowest BCUT2D eigenvalue weighted by Gasteiger charge is -2.17. The zero-order chi connectivity index (χ0) is 21.6. The van der Waals surface area contributed by atoms with Crippen molar-refractivity contribution in [3.8, 4) is 11.3 Å². The number of amides is 1. The number of hydrogen-bond acceptors (Lipinski definition) is 5. The molecule has 10 heteroatoms. The quantitative estimate of drug-likeness (QED) is 0.194. The monoisotopic (exact) mass is 420 g/mol. The van der Waals surface area contributed by atoms with E-state index in [-0.39, 0.29) is 23.5 Å². The number of primary amides is 1. The first-order valence-electron chi connectivity index (χ1n) is 9.14. The molecular formula is C19H25FN4O4Si. The highest BCUT2D eigenvalue weighted by Crippen LogP contribution is 2.30. The Kier molecular flexibility index (Phi) is 7.40. The Hall–Kier alpha value is -2.85. The zero-order valence-corrected chi connectivity index (χ0v) is 17.6. The van der Waals surface area contributed by atoms with Crippen molar-refractivity contribution in [3.05, 3.63) is 58.8 Å². The van der Waals surface area contributed by atoms with Crippen LogP contribution in [0.5, 0.6) is 0 Å². The van der Waals surface area contributed by atoms with Crippen molar-refractivity contribution in [2.24, 2.45) is 5.73 Å². The first-order chi connectivity index (χ1) is 13.7. The van der Waals surface area contributed by atoms with Crippen LogP contribution in [0.25, 0.3) is 11.3 Å². The van der Waals surface area contributed by atoms with Crippen molar-refractivity contribution >= 4 is 19.3 Å². The molecule has 0 radical (unpaired) electrons. The van der Waals surface area contributed by atoms with Gasteiger partial charge in [0.2, 0.25) is 0 Å². The summed E-state index contributed by atoms with van der Waals surface area (Å²) in [6, 6.07) is 3.86. The molecule has 2 rings (SSSR count). The van der Waals surface area contributed by atoms with E-state index in [1.807, 2.05) is 13.1 Å². The molecule has 1 aromatic heterocycles. The number of nitrogens with zero attached hydrogens (tertiary/aromatic N) is 3. The average molecular weight is 421 g/mol. The van der Waals surface area contributed by atoms with Gasteiger partial charge in [-0.1, -0.05) is 19.2 Å². The van der Waals surface area contributed by atoms with E-state index in [0.717, 1.165) is 18.2 Å². The third kappa shape index (κ3) is 5.81. The number of nitro benzene ring substituents is 1. The highest BCUT2D eigenvalue weighted by Gasteiger charge is 2.27. The van der Waals surface area contributed by atoms with E-state index in [0.29, 0.717) is 37.0 Å². The predicted molar refractivity (Wildman–Crippen MR) is 111 cm³/mol. The molecule has 0 bridgehead atoms. The largest absolute Gasteiger partial charge is 0.374 e. The molecule has 1 heterocycles. The van der Waals surface area contributed by atoms with Crippen LogP contribution in [0.3, 0.4) is 0 Å². The highest BCUT2D eigenvalue weighted by molar-refractivity contribution is 7.03. The van der Waals surface area contributed by atoms with Gasteiger partial charge in [0.05, 0.1) is 16.2 Å². The molecule has 2 N–H and O–H groups in total. The smallest absolute Gasteiger partial charge is 0.279 e. The van der Waals surface area contributed by atoms with Gasteiger partial charge in [-0.05, 0) is 24.6 Å². The summed E-state index contributed by atoms with van der Waals surface area (Å²) in [5.41, 5.74) is 5.33. The van der Waals surface area contributed by atoms with E-state index in [1.165, 1.54) is 0 Å². The Morgan fingerprint density at radius 1 is 1.48 bits per heavy atom. The average Bonchev–Trinajstić information content (AvgIpc) is 3.06. The van der Waals surface area contributed by atoms with Crippen molar-refractivity contribution in [1.82, 2.24) is 9.55 Å². The number of benzene rings is 1. The Morgan fingerprint density at radius 2 is 2.21 bits per heavy atom. The van der Waals surface area contributed by atoms with Crippen LogP contribution < -0.4 is 5.73 Å². The number of hydrogen-bond donors (Lipinski definition) is 1. The Bertz CT molecular complexity index is 914. The van der Waals surface area contributed by atoms with Gasteiger partial charge in [-0.25, -0.2) is 9.37 Å². The number of aryl methyl sites for hydroxylation is 1. The second kappa shape index (κ2) is 9.57. The molecule has 0 saturated heterocycles. The molecule has 0 aliphatic rings. The maximum atomic E-state index is 13.7. The van der Waals surface area contributed by atoms with Crippen molar-refractivity contribution in [2.45, 2.75) is 38.7 Å². The molecule has 29 heavy (non-hydrogen) atoms. The summed E-state index contributed by atoms with van der Waals surface area (Å²) in [4.78, 5) is 26.6. The summed E-state index contributed by atoms with van der Waals surface area (Å²) in [6.45, 7) is 7.97. The van der Waals surface area contributed by atoms with E-state index in [4.69, 9.17) is 10.5 Å². The second-order valence-electron chi connectivity index (χ2n) is 7.29. The van der Waals surface area contributed by atoms with E-state index in [2.05, 4.69) is 11.6 Å². The molecule has 1 aromatic carbocycles. The van der Waals surface area contributed by atoms with E-state index in [1.54, 1.807) is 16.8 Å². The second-order valence-corrected chi connectivity index (χ2v) is 12.1. The lowest BCUT2D eigenvalue weighted by Crippen LogP contribution is -2.42. The molecule has 0 aliphatic heterocycles. The number of carbonyl (C=O) groups is 1. The van der Waals surface area contributed by atoms with Crippen molar-refractivity contribution in [3.63, 3.8) is 0 Å². The van der Waals surface area contributed by atoms with E-state index < -0.39 is 18.8 Å². The minimum absolute atomic E-state index is 0.107. The summed E-state index contributed by atoms with van der Waals surface area (Å²) in [7, 11) is -2.17. The molecule has 0 atom stereocenters. The molecule has 1 amide bonds. The zero-order valence-electron chi connectivity index (χ0n) is 16.6. The van der Waals surface area contributed by atoms with Crippen LogP contribution >= 0.6 is 0 Å². The van der Waals surface area contributed by atoms with Gasteiger partial charge >= 0.3 is 0 Å². The summed E-state index contributed by atoms with van der Waals surface area (Å²) >= 11 is 0. The first-order valence-corrected chi connectivity index (χ1v) is 12.4. The van der Waals surface area contributed by atoms with Crippen LogP contribution in [0.1, 0.15) is 12.2 Å². The Morgan fingerprint density at radius 3 is 2.83 bits per heavy atom. The summed E-state index contributed by atoms with van der Waals surface area (Å²) in [5.74, 6) is 0.0625. The fraction of sp³-hybridized carbons (Fsp3) is 0.368. The molecule has 0 fully saturated rings. The van der Waals surface area contributed by atoms with Crippen molar-refractivity contribution in [2.75, 3.05) is 6.61 Å². The van der Waals surface area contributed by atoms with Gasteiger partial charge in [-0.2, -0.15) is 0 Å². The van der Waals surface area contributed by atoms with Gasteiger partial charge < -0.3 is 15.0 Å². The van der Waals surface area contributed by atoms with Crippen LogP contribution in [0.15, 0.2) is 37.1 Å². The number of imidazole rings is 1. The van der Waals surface area contributed by atoms with Crippen LogP contribution in [0.4, 0.5) is 14.9 Å². The topological polar surface area (TPSA) is 113 Å². The van der Waals surface area contributed by atoms with Crippen LogP contribution in [0, 0.1) is 15.9 Å².